The first-order valence-corrected chi connectivity index (χ1v) is 6.54. The quantitative estimate of drug-likeness (QED) is 0.824. The molecular formula is C13H18N2O2. The van der Waals surface area contributed by atoms with Gasteiger partial charge in [0.25, 0.3) is 0 Å². The van der Waals surface area contributed by atoms with Crippen molar-refractivity contribution in [1.29, 1.82) is 0 Å². The molecule has 0 bridgehead atoms. The third-order valence-corrected chi connectivity index (χ3v) is 4.38. The molecule has 1 heterocycles. The normalized spacial score (nSPS) is 22.4. The minimum absolute atomic E-state index is 0.682. The molecule has 4 heteroatoms. The first kappa shape index (κ1) is 10.8. The molecule has 0 aliphatic heterocycles. The smallest absolute Gasteiger partial charge is 0.315 e. The first-order chi connectivity index (χ1) is 8.24. The van der Waals surface area contributed by atoms with Crippen LogP contribution in [0.4, 0.5) is 0 Å². The lowest BCUT2D eigenvalue weighted by atomic mass is 9.70. The molecule has 1 fully saturated rings. The van der Waals surface area contributed by atoms with Crippen LogP contribution in [0.25, 0.3) is 0 Å². The van der Waals surface area contributed by atoms with Gasteiger partial charge in [0.1, 0.15) is 5.41 Å². The number of rotatable bonds is 2. The number of aromatic amines is 1. The lowest BCUT2D eigenvalue weighted by molar-refractivity contribution is -0.145. The summed E-state index contributed by atoms with van der Waals surface area (Å²) < 4.78 is 0. The molecule has 1 saturated carbocycles. The molecule has 0 saturated heterocycles. The van der Waals surface area contributed by atoms with Gasteiger partial charge in [-0.15, -0.1) is 0 Å². The van der Waals surface area contributed by atoms with Gasteiger partial charge in [-0.05, 0) is 37.7 Å². The minimum Gasteiger partial charge on any atom is -0.481 e. The average molecular weight is 234 g/mol. The standard InChI is InChI=1S/C13H18N2O2/c16-12(17)13(7-2-1-3-8-13)11-9-5-4-6-10(9)14-15-11/h1-8H2,(H,14,15)(H,16,17). The highest BCUT2D eigenvalue weighted by Gasteiger charge is 2.45. The molecule has 2 aliphatic rings. The van der Waals surface area contributed by atoms with E-state index in [-0.39, 0.29) is 0 Å². The Morgan fingerprint density at radius 1 is 1.18 bits per heavy atom. The number of hydrogen-bond acceptors (Lipinski definition) is 2. The van der Waals surface area contributed by atoms with E-state index in [4.69, 9.17) is 0 Å². The maximum absolute atomic E-state index is 11.7. The van der Waals surface area contributed by atoms with Crippen LogP contribution < -0.4 is 0 Å². The Balaban J connectivity index is 2.06. The van der Waals surface area contributed by atoms with Gasteiger partial charge in [0.15, 0.2) is 0 Å². The summed E-state index contributed by atoms with van der Waals surface area (Å²) in [5.41, 5.74) is 2.52. The Bertz CT molecular complexity index is 444. The largest absolute Gasteiger partial charge is 0.481 e. The number of nitrogens with one attached hydrogen (secondary N) is 1. The third kappa shape index (κ3) is 1.50. The topological polar surface area (TPSA) is 66.0 Å². The fraction of sp³-hybridized carbons (Fsp3) is 0.692. The molecular weight excluding hydrogens is 216 g/mol. The molecule has 2 N–H and O–H groups in total. The summed E-state index contributed by atoms with van der Waals surface area (Å²) in [6.45, 7) is 0. The Labute approximate surface area is 100 Å². The summed E-state index contributed by atoms with van der Waals surface area (Å²) in [7, 11) is 0. The zero-order chi connectivity index (χ0) is 11.9. The van der Waals surface area contributed by atoms with E-state index in [1.54, 1.807) is 0 Å². The van der Waals surface area contributed by atoms with Crippen LogP contribution in [0, 0.1) is 0 Å². The van der Waals surface area contributed by atoms with Crippen LogP contribution in [0.3, 0.4) is 0 Å². The molecule has 1 aromatic rings. The number of carboxylic acid groups (broad SMARTS) is 1. The van der Waals surface area contributed by atoms with Gasteiger partial charge in [0.05, 0.1) is 5.69 Å². The fourth-order valence-corrected chi connectivity index (χ4v) is 3.42. The molecule has 0 aromatic carbocycles. The molecule has 17 heavy (non-hydrogen) atoms. The minimum atomic E-state index is -0.702. The summed E-state index contributed by atoms with van der Waals surface area (Å²) >= 11 is 0. The van der Waals surface area contributed by atoms with Crippen molar-refractivity contribution < 1.29 is 9.90 Å². The van der Waals surface area contributed by atoms with E-state index in [9.17, 15) is 9.90 Å². The van der Waals surface area contributed by atoms with Crippen molar-refractivity contribution >= 4 is 5.97 Å². The predicted octanol–water partition coefficient (Wildman–Crippen LogP) is 2.18. The van der Waals surface area contributed by atoms with E-state index in [1.807, 2.05) is 0 Å². The SMILES string of the molecule is O=C(O)C1(c2n[nH]c3c2CCC3)CCCCC1. The summed E-state index contributed by atoms with van der Waals surface area (Å²) in [6.07, 6.45) is 7.82. The van der Waals surface area contributed by atoms with E-state index >= 15 is 0 Å². The second kappa shape index (κ2) is 3.86. The van der Waals surface area contributed by atoms with Crippen LogP contribution in [0.15, 0.2) is 0 Å². The van der Waals surface area contributed by atoms with E-state index in [1.165, 1.54) is 11.3 Å². The van der Waals surface area contributed by atoms with Crippen molar-refractivity contribution in [3.8, 4) is 0 Å². The molecule has 1 aromatic heterocycles. The molecule has 3 rings (SSSR count). The van der Waals surface area contributed by atoms with Crippen molar-refractivity contribution in [3.63, 3.8) is 0 Å². The summed E-state index contributed by atoms with van der Waals surface area (Å²) in [4.78, 5) is 11.7. The van der Waals surface area contributed by atoms with E-state index in [2.05, 4.69) is 10.2 Å². The first-order valence-electron chi connectivity index (χ1n) is 6.54. The van der Waals surface area contributed by atoms with Gasteiger partial charge >= 0.3 is 5.97 Å². The van der Waals surface area contributed by atoms with Gasteiger partial charge in [-0.2, -0.15) is 5.10 Å². The molecule has 0 radical (unpaired) electrons. The second-order valence-electron chi connectivity index (χ2n) is 5.33. The third-order valence-electron chi connectivity index (χ3n) is 4.38. The number of nitrogens with zero attached hydrogens (tertiary/aromatic N) is 1. The van der Waals surface area contributed by atoms with Crippen LogP contribution in [-0.2, 0) is 23.1 Å². The summed E-state index contributed by atoms with van der Waals surface area (Å²) in [5, 5.41) is 17.0. The maximum Gasteiger partial charge on any atom is 0.315 e. The number of carboxylic acids is 1. The maximum atomic E-state index is 11.7. The zero-order valence-corrected chi connectivity index (χ0v) is 9.96. The molecule has 0 atom stereocenters. The number of fused-ring (bicyclic) bond motifs is 1. The van der Waals surface area contributed by atoms with Crippen molar-refractivity contribution in [2.24, 2.45) is 0 Å². The molecule has 92 valence electrons. The molecule has 0 unspecified atom stereocenters. The molecule has 0 spiro atoms. The molecule has 0 amide bonds. The van der Waals surface area contributed by atoms with Crippen LogP contribution in [0.2, 0.25) is 0 Å². The number of hydrogen-bond donors (Lipinski definition) is 2. The highest BCUT2D eigenvalue weighted by Crippen LogP contribution is 2.42. The van der Waals surface area contributed by atoms with E-state index < -0.39 is 11.4 Å². The highest BCUT2D eigenvalue weighted by molar-refractivity contribution is 5.81. The van der Waals surface area contributed by atoms with Crippen LogP contribution in [-0.4, -0.2) is 21.3 Å². The van der Waals surface area contributed by atoms with Gasteiger partial charge in [0, 0.05) is 5.69 Å². The monoisotopic (exact) mass is 234 g/mol. The van der Waals surface area contributed by atoms with Gasteiger partial charge in [-0.1, -0.05) is 19.3 Å². The lowest BCUT2D eigenvalue weighted by Gasteiger charge is -2.32. The van der Waals surface area contributed by atoms with Crippen molar-refractivity contribution in [2.75, 3.05) is 0 Å². The highest BCUT2D eigenvalue weighted by atomic mass is 16.4. The van der Waals surface area contributed by atoms with E-state index in [0.717, 1.165) is 57.1 Å². The Hall–Kier alpha value is -1.32. The van der Waals surface area contributed by atoms with Crippen molar-refractivity contribution in [1.82, 2.24) is 10.2 Å². The van der Waals surface area contributed by atoms with E-state index in [0.29, 0.717) is 0 Å². The van der Waals surface area contributed by atoms with Crippen LogP contribution in [0.5, 0.6) is 0 Å². The van der Waals surface area contributed by atoms with Crippen molar-refractivity contribution in [2.45, 2.75) is 56.8 Å². The Kier molecular flexibility index (Phi) is 2.45. The fourth-order valence-electron chi connectivity index (χ4n) is 3.42. The number of aryl methyl sites for hydroxylation is 1. The number of carbonyl (C=O) groups is 1. The second-order valence-corrected chi connectivity index (χ2v) is 5.33. The van der Waals surface area contributed by atoms with Crippen LogP contribution in [0.1, 0.15) is 55.5 Å². The van der Waals surface area contributed by atoms with Gasteiger partial charge < -0.3 is 5.11 Å². The van der Waals surface area contributed by atoms with Gasteiger partial charge in [-0.3, -0.25) is 9.89 Å². The molecule has 4 nitrogen and oxygen atoms in total. The van der Waals surface area contributed by atoms with Crippen molar-refractivity contribution in [3.05, 3.63) is 17.0 Å². The zero-order valence-electron chi connectivity index (χ0n) is 9.96. The lowest BCUT2D eigenvalue weighted by Crippen LogP contribution is -2.39. The van der Waals surface area contributed by atoms with Crippen LogP contribution >= 0.6 is 0 Å². The average Bonchev–Trinajstić information content (AvgIpc) is 2.91. The predicted molar refractivity (Wildman–Crippen MR) is 63.0 cm³/mol. The number of H-pyrrole nitrogens is 1. The number of aliphatic carboxylic acids is 1. The molecule has 2 aliphatic carbocycles. The Morgan fingerprint density at radius 3 is 2.65 bits per heavy atom. The number of aromatic nitrogens is 2. The van der Waals surface area contributed by atoms with Gasteiger partial charge in [0.2, 0.25) is 0 Å². The Morgan fingerprint density at radius 2 is 1.94 bits per heavy atom. The summed E-state index contributed by atoms with van der Waals surface area (Å²) in [5.74, 6) is -0.682. The summed E-state index contributed by atoms with van der Waals surface area (Å²) in [6, 6.07) is 0. The van der Waals surface area contributed by atoms with Gasteiger partial charge in [-0.25, -0.2) is 0 Å².